The Morgan fingerprint density at radius 2 is 0.946 bits per heavy atom. The van der Waals surface area contributed by atoms with Gasteiger partial charge in [-0.1, -0.05) is 168 Å². The molecule has 280 valence electrons. The molecule has 0 heterocycles. The quantitative estimate of drug-likeness (QED) is 0.0908. The third kappa shape index (κ3) is 10.9. The first kappa shape index (κ1) is 41.6. The molecule has 8 aromatic carbocycles. The summed E-state index contributed by atoms with van der Waals surface area (Å²) < 4.78 is 0. The minimum Gasteiger partial charge on any atom is -0.676 e. The van der Waals surface area contributed by atoms with Crippen molar-refractivity contribution in [3.05, 3.63) is 212 Å². The summed E-state index contributed by atoms with van der Waals surface area (Å²) in [6.45, 7) is 0. The molecule has 0 bridgehead atoms. The molecule has 1 aliphatic carbocycles. The van der Waals surface area contributed by atoms with Crippen LogP contribution in [0.2, 0.25) is 0 Å². The molecular formula is C50H46ClN2P2Ru+. The van der Waals surface area contributed by atoms with Gasteiger partial charge >= 0.3 is 27.0 Å². The zero-order valence-electron chi connectivity index (χ0n) is 31.2. The van der Waals surface area contributed by atoms with Gasteiger partial charge in [-0.25, -0.2) is 0 Å². The molecule has 0 aromatic heterocycles. The van der Waals surface area contributed by atoms with E-state index < -0.39 is 7.92 Å². The monoisotopic (exact) mass is 873 g/mol. The van der Waals surface area contributed by atoms with E-state index >= 15 is 0 Å². The molecule has 2 nitrogen and oxygen atoms in total. The molecule has 1 saturated carbocycles. The Labute approximate surface area is 350 Å². The van der Waals surface area contributed by atoms with Crippen molar-refractivity contribution in [2.24, 2.45) is 0 Å². The predicted octanol–water partition coefficient (Wildman–Crippen LogP) is 12.4. The second-order valence-electron chi connectivity index (χ2n) is 13.6. The van der Waals surface area contributed by atoms with Crippen LogP contribution in [0.5, 0.6) is 0 Å². The van der Waals surface area contributed by atoms with Crippen LogP contribution in [0.1, 0.15) is 25.7 Å². The summed E-state index contributed by atoms with van der Waals surface area (Å²) in [7, 11) is 3.84. The van der Waals surface area contributed by atoms with Crippen molar-refractivity contribution < 1.29 is 17.3 Å². The molecule has 9 rings (SSSR count). The normalized spacial score (nSPS) is 14.9. The first-order valence-electron chi connectivity index (χ1n) is 19.0. The van der Waals surface area contributed by atoms with Crippen molar-refractivity contribution >= 4 is 74.3 Å². The minimum atomic E-state index is -1.30. The van der Waals surface area contributed by atoms with E-state index in [1.165, 1.54) is 72.0 Å². The topological polar surface area (TPSA) is 47.6 Å². The summed E-state index contributed by atoms with van der Waals surface area (Å²) in [5.41, 5.74) is 17.3. The van der Waals surface area contributed by atoms with Crippen LogP contribution in [0.15, 0.2) is 194 Å². The van der Waals surface area contributed by atoms with E-state index in [1.54, 1.807) is 0 Å². The second kappa shape index (κ2) is 22.1. The molecule has 0 saturated heterocycles. The molecule has 1 aliphatic rings. The van der Waals surface area contributed by atoms with E-state index in [1.807, 2.05) is 47.6 Å². The molecule has 2 N–H and O–H groups in total. The van der Waals surface area contributed by atoms with Crippen molar-refractivity contribution in [2.45, 2.75) is 37.8 Å². The summed E-state index contributed by atoms with van der Waals surface area (Å²) in [4.78, 5) is 0. The average molecular weight is 873 g/mol. The summed E-state index contributed by atoms with van der Waals surface area (Å²) in [6.07, 6.45) is 4.25. The summed E-state index contributed by atoms with van der Waals surface area (Å²) in [6, 6.07) is 72.7. The predicted molar refractivity (Wildman–Crippen MR) is 247 cm³/mol. The van der Waals surface area contributed by atoms with Crippen molar-refractivity contribution in [1.29, 1.82) is 0 Å². The second-order valence-corrected chi connectivity index (χ2v) is 17.4. The number of hydrogen-bond donors (Lipinski definition) is 0. The van der Waals surface area contributed by atoms with Gasteiger partial charge in [0.25, 0.3) is 0 Å². The van der Waals surface area contributed by atoms with E-state index in [-0.39, 0.29) is 12.1 Å². The number of rotatable bonds is 6. The van der Waals surface area contributed by atoms with Gasteiger partial charge in [-0.05, 0) is 62.5 Å². The van der Waals surface area contributed by atoms with Crippen LogP contribution < -0.4 is 26.5 Å². The van der Waals surface area contributed by atoms with Gasteiger partial charge in [-0.15, -0.1) is 0 Å². The van der Waals surface area contributed by atoms with E-state index in [0.29, 0.717) is 8.58 Å². The van der Waals surface area contributed by atoms with Crippen LogP contribution in [0.25, 0.3) is 44.1 Å². The van der Waals surface area contributed by atoms with Crippen molar-refractivity contribution in [3.63, 3.8) is 0 Å². The van der Waals surface area contributed by atoms with Gasteiger partial charge in [0.2, 0.25) is 0 Å². The Hall–Kier alpha value is -4.03. The fourth-order valence-corrected chi connectivity index (χ4v) is 11.2. The van der Waals surface area contributed by atoms with E-state index in [9.17, 15) is 0 Å². The van der Waals surface area contributed by atoms with Crippen LogP contribution in [0, 0.1) is 6.07 Å². The zero-order chi connectivity index (χ0) is 39.0. The number of nitrogens with one attached hydrogen (secondary N) is 2. The third-order valence-corrected chi connectivity index (χ3v) is 14.0. The molecule has 0 amide bonds. The fraction of sp³-hybridized carbons (Fsp3) is 0.120. The van der Waals surface area contributed by atoms with Crippen molar-refractivity contribution in [1.82, 2.24) is 0 Å². The van der Waals surface area contributed by atoms with Crippen LogP contribution in [-0.4, -0.2) is 12.1 Å². The van der Waals surface area contributed by atoms with E-state index in [4.69, 9.17) is 11.5 Å². The van der Waals surface area contributed by atoms with Crippen LogP contribution in [0.4, 0.5) is 0 Å². The minimum absolute atomic E-state index is 0.0799. The molecule has 8 aromatic rings. The number of benzene rings is 8. The van der Waals surface area contributed by atoms with Gasteiger partial charge in [-0.3, -0.25) is 0 Å². The summed E-state index contributed by atoms with van der Waals surface area (Å²) in [5.74, 6) is 0. The number of halogens is 1. The molecular weight excluding hydrogens is 827 g/mol. The molecule has 3 unspecified atom stereocenters. The summed E-state index contributed by atoms with van der Waals surface area (Å²) in [5, 5.41) is 12.2. The number of hydrogen-bond acceptors (Lipinski definition) is 0. The molecule has 1 fully saturated rings. The maximum absolute atomic E-state index is 7.29. The molecule has 56 heavy (non-hydrogen) atoms. The van der Waals surface area contributed by atoms with E-state index in [2.05, 4.69) is 180 Å². The molecule has 6 heteroatoms. The molecule has 0 aliphatic heterocycles. The van der Waals surface area contributed by atoms with Crippen LogP contribution in [0.3, 0.4) is 0 Å². The standard InChI is InChI=1S/C38H28P2.C6H12N2.C6H5.ClH.Ru/c1-4-16-30(17-5-1)39-35-26-24-28-14-10-12-22-33(28)37(35)38-34-23-13-11-15-29(34)25-27-36(38)40(31-18-6-2-7-19-31)32-20-8-3-9-21-32;7-5-3-1-2-4-6(5)8;1-2-4-6-5-3-1;;/h1-27,39H;5-8H,1-4H2;1-5H;1H;/q;-2;-1;;+4. The third-order valence-electron chi connectivity index (χ3n) is 9.93. The average Bonchev–Trinajstić information content (AvgIpc) is 3.28. The Morgan fingerprint density at radius 3 is 1.43 bits per heavy atom. The zero-order valence-corrected chi connectivity index (χ0v) is 35.7. The van der Waals surface area contributed by atoms with Crippen molar-refractivity contribution in [3.8, 4) is 11.1 Å². The smallest absolute Gasteiger partial charge is 0.110 e. The molecule has 0 radical (unpaired) electrons. The molecule has 0 spiro atoms. The van der Waals surface area contributed by atoms with Gasteiger partial charge in [0, 0.05) is 11.1 Å². The largest absolute Gasteiger partial charge is 0.676 e. The summed E-state index contributed by atoms with van der Waals surface area (Å²) >= 11 is 1.82. The van der Waals surface area contributed by atoms with E-state index in [0.717, 1.165) is 12.8 Å². The van der Waals surface area contributed by atoms with Gasteiger partial charge < -0.3 is 11.5 Å². The Balaban J connectivity index is 0.000000277. The first-order chi connectivity index (χ1) is 27.7. The van der Waals surface area contributed by atoms with Gasteiger partial charge in [0.15, 0.2) is 0 Å². The SMILES string of the molecule is [Cl][Ru+3].[NH-]C1CCCCC1[NH-].[c-]1ccccc1.c1ccc(Pc2ccc3ccccc3c2-c2c([PH+](c3ccccc3)c3ccccc3)ccc3ccccc23)cc1. The maximum atomic E-state index is 7.29. The van der Waals surface area contributed by atoms with Gasteiger partial charge in [0.05, 0.1) is 7.92 Å². The van der Waals surface area contributed by atoms with Crippen LogP contribution >= 0.6 is 26.2 Å². The van der Waals surface area contributed by atoms with Gasteiger partial charge in [-0.2, -0.15) is 48.5 Å². The maximum Gasteiger partial charge on any atom is 0.110 e. The fourth-order valence-electron chi connectivity index (χ4n) is 7.23. The molecule has 3 atom stereocenters. The Morgan fingerprint density at radius 1 is 0.500 bits per heavy atom. The van der Waals surface area contributed by atoms with Crippen molar-refractivity contribution in [2.75, 3.05) is 0 Å². The van der Waals surface area contributed by atoms with Crippen LogP contribution in [-0.2, 0) is 17.3 Å². The first-order valence-corrected chi connectivity index (χ1v) is 23.7. The van der Waals surface area contributed by atoms with Gasteiger partial charge in [0.1, 0.15) is 15.9 Å². The number of fused-ring (bicyclic) bond motifs is 2. The Kier molecular flexibility index (Phi) is 16.4. The Bertz CT molecular complexity index is 2290.